The monoisotopic (exact) mass is 405 g/mol. The Kier molecular flexibility index (Phi) is 11.1. The van der Waals surface area contributed by atoms with Gasteiger partial charge < -0.3 is 32.5 Å². The summed E-state index contributed by atoms with van der Waals surface area (Å²) in [6, 6.07) is -3.48. The smallest absolute Gasteiger partial charge is 0.327 e. The van der Waals surface area contributed by atoms with Gasteiger partial charge in [0.05, 0.1) is 19.0 Å². The second-order valence-electron chi connectivity index (χ2n) is 6.33. The molecule has 3 unspecified atom stereocenters. The molecule has 0 heterocycles. The predicted octanol–water partition coefficient (Wildman–Crippen LogP) is -2.66. The number of nitrogens with two attached hydrogens (primary N) is 2. The van der Waals surface area contributed by atoms with Crippen molar-refractivity contribution < 1.29 is 29.1 Å². The van der Waals surface area contributed by atoms with Crippen LogP contribution in [0, 0.1) is 5.92 Å². The van der Waals surface area contributed by atoms with Gasteiger partial charge in [0.1, 0.15) is 12.1 Å². The van der Waals surface area contributed by atoms with Crippen molar-refractivity contribution in [3.05, 3.63) is 0 Å². The highest BCUT2D eigenvalue weighted by Crippen LogP contribution is 2.02. The first-order chi connectivity index (χ1) is 12.5. The van der Waals surface area contributed by atoms with E-state index < -0.39 is 60.7 Å². The van der Waals surface area contributed by atoms with Crippen LogP contribution in [-0.2, 0) is 24.0 Å². The van der Waals surface area contributed by atoms with Gasteiger partial charge in [0.15, 0.2) is 0 Å². The second-order valence-corrected chi connectivity index (χ2v) is 6.69. The molecule has 27 heavy (non-hydrogen) atoms. The predicted molar refractivity (Wildman–Crippen MR) is 99.6 cm³/mol. The van der Waals surface area contributed by atoms with Crippen LogP contribution in [0.3, 0.4) is 0 Å². The lowest BCUT2D eigenvalue weighted by atomic mass is 10.0. The third-order valence-electron chi connectivity index (χ3n) is 3.34. The maximum Gasteiger partial charge on any atom is 0.327 e. The van der Waals surface area contributed by atoms with Crippen LogP contribution in [0.25, 0.3) is 0 Å². The molecule has 12 heteroatoms. The summed E-state index contributed by atoms with van der Waals surface area (Å²) in [5.74, 6) is -4.41. The zero-order chi connectivity index (χ0) is 21.1. The van der Waals surface area contributed by atoms with E-state index in [1.807, 2.05) is 13.8 Å². The van der Waals surface area contributed by atoms with Crippen LogP contribution < -0.4 is 27.4 Å². The van der Waals surface area contributed by atoms with Crippen LogP contribution in [0.4, 0.5) is 0 Å². The molecule has 11 nitrogen and oxygen atoms in total. The summed E-state index contributed by atoms with van der Waals surface area (Å²) in [6.07, 6.45) is -0.113. The Bertz CT molecular complexity index is 571. The van der Waals surface area contributed by atoms with Gasteiger partial charge >= 0.3 is 5.97 Å². The molecule has 0 bridgehead atoms. The highest BCUT2D eigenvalue weighted by atomic mass is 32.1. The lowest BCUT2D eigenvalue weighted by molar-refractivity contribution is -0.141. The maximum absolute atomic E-state index is 12.1. The van der Waals surface area contributed by atoms with E-state index >= 15 is 0 Å². The first kappa shape index (κ1) is 24.7. The molecule has 4 amide bonds. The molecule has 154 valence electrons. The highest BCUT2D eigenvalue weighted by molar-refractivity contribution is 7.80. The van der Waals surface area contributed by atoms with Gasteiger partial charge in [-0.2, -0.15) is 12.6 Å². The summed E-state index contributed by atoms with van der Waals surface area (Å²) in [5.41, 5.74) is 10.7. The van der Waals surface area contributed by atoms with Crippen molar-refractivity contribution >= 4 is 42.2 Å². The van der Waals surface area contributed by atoms with Crippen molar-refractivity contribution in [1.82, 2.24) is 16.0 Å². The number of thiol groups is 1. The largest absolute Gasteiger partial charge is 0.480 e. The standard InChI is InChI=1S/C15H27N5O6S/c1-7(2)3-8(16)13(23)18-5-12(22)19-9(4-11(17)21)14(24)20-10(6-27)15(25)26/h7-10,27H,3-6,16H2,1-2H3,(H2,17,21)(H,18,23)(H,19,22)(H,20,24)(H,25,26). The van der Waals surface area contributed by atoms with Gasteiger partial charge in [-0.3, -0.25) is 19.2 Å². The van der Waals surface area contributed by atoms with Crippen molar-refractivity contribution in [2.24, 2.45) is 17.4 Å². The molecule has 0 saturated carbocycles. The fraction of sp³-hybridized carbons (Fsp3) is 0.667. The first-order valence-electron chi connectivity index (χ1n) is 8.22. The minimum absolute atomic E-state index is 0.192. The summed E-state index contributed by atoms with van der Waals surface area (Å²) in [6.45, 7) is 3.31. The molecular formula is C15H27N5O6S. The minimum atomic E-state index is -1.39. The van der Waals surface area contributed by atoms with Crippen LogP contribution in [-0.4, -0.2) is 65.1 Å². The van der Waals surface area contributed by atoms with Gasteiger partial charge in [-0.25, -0.2) is 4.79 Å². The molecule has 0 rings (SSSR count). The van der Waals surface area contributed by atoms with Crippen LogP contribution in [0.1, 0.15) is 26.7 Å². The maximum atomic E-state index is 12.1. The average molecular weight is 405 g/mol. The molecular weight excluding hydrogens is 378 g/mol. The molecule has 8 N–H and O–H groups in total. The Balaban J connectivity index is 4.77. The number of aliphatic carboxylic acids is 1. The fourth-order valence-corrected chi connectivity index (χ4v) is 2.27. The van der Waals surface area contributed by atoms with Gasteiger partial charge in [0, 0.05) is 5.75 Å². The van der Waals surface area contributed by atoms with Gasteiger partial charge in [0.2, 0.25) is 23.6 Å². The van der Waals surface area contributed by atoms with Gasteiger partial charge in [-0.05, 0) is 12.3 Å². The number of hydrogen-bond donors (Lipinski definition) is 7. The van der Waals surface area contributed by atoms with Crippen molar-refractivity contribution in [1.29, 1.82) is 0 Å². The number of amides is 4. The molecule has 0 aromatic rings. The fourth-order valence-electron chi connectivity index (χ4n) is 2.03. The third-order valence-corrected chi connectivity index (χ3v) is 3.70. The highest BCUT2D eigenvalue weighted by Gasteiger charge is 2.27. The average Bonchev–Trinajstić information content (AvgIpc) is 2.55. The summed E-state index contributed by atoms with van der Waals surface area (Å²) in [4.78, 5) is 57.9. The number of carbonyl (C=O) groups excluding carboxylic acids is 4. The van der Waals surface area contributed by atoms with Crippen molar-refractivity contribution in [3.63, 3.8) is 0 Å². The van der Waals surface area contributed by atoms with E-state index in [1.54, 1.807) is 0 Å². The summed E-state index contributed by atoms with van der Waals surface area (Å²) < 4.78 is 0. The van der Waals surface area contributed by atoms with E-state index in [0.29, 0.717) is 6.42 Å². The first-order valence-corrected chi connectivity index (χ1v) is 8.86. The quantitative estimate of drug-likeness (QED) is 0.172. The molecule has 0 fully saturated rings. The number of carbonyl (C=O) groups is 5. The Morgan fingerprint density at radius 3 is 2.07 bits per heavy atom. The van der Waals surface area contributed by atoms with E-state index in [2.05, 4.69) is 28.6 Å². The molecule has 0 radical (unpaired) electrons. The van der Waals surface area contributed by atoms with E-state index in [0.717, 1.165) is 0 Å². The second kappa shape index (κ2) is 12.1. The van der Waals surface area contributed by atoms with Crippen molar-refractivity contribution in [3.8, 4) is 0 Å². The molecule has 0 spiro atoms. The molecule has 0 aromatic carbocycles. The summed E-state index contributed by atoms with van der Waals surface area (Å²) in [5, 5.41) is 15.6. The van der Waals surface area contributed by atoms with Gasteiger partial charge in [0.25, 0.3) is 0 Å². The van der Waals surface area contributed by atoms with E-state index in [4.69, 9.17) is 16.6 Å². The Labute approximate surface area is 162 Å². The summed E-state index contributed by atoms with van der Waals surface area (Å²) in [7, 11) is 0. The van der Waals surface area contributed by atoms with Gasteiger partial charge in [-0.15, -0.1) is 0 Å². The lowest BCUT2D eigenvalue weighted by Crippen LogP contribution is -2.55. The molecule has 3 atom stereocenters. The SMILES string of the molecule is CC(C)CC(N)C(=O)NCC(=O)NC(CC(N)=O)C(=O)NC(CS)C(=O)O. The van der Waals surface area contributed by atoms with E-state index in [1.165, 1.54) is 0 Å². The van der Waals surface area contributed by atoms with Crippen molar-refractivity contribution in [2.45, 2.75) is 44.8 Å². The van der Waals surface area contributed by atoms with Crippen LogP contribution >= 0.6 is 12.6 Å². The number of carboxylic acids is 1. The Morgan fingerprint density at radius 2 is 1.63 bits per heavy atom. The summed E-state index contributed by atoms with van der Waals surface area (Å²) >= 11 is 3.80. The van der Waals surface area contributed by atoms with E-state index in [9.17, 15) is 24.0 Å². The number of hydrogen-bond acceptors (Lipinski definition) is 7. The van der Waals surface area contributed by atoms with Crippen LogP contribution in [0.15, 0.2) is 0 Å². The third kappa shape index (κ3) is 10.4. The number of primary amides is 1. The van der Waals surface area contributed by atoms with Crippen molar-refractivity contribution in [2.75, 3.05) is 12.3 Å². The minimum Gasteiger partial charge on any atom is -0.480 e. The zero-order valence-electron chi connectivity index (χ0n) is 15.2. The van der Waals surface area contributed by atoms with E-state index in [-0.39, 0.29) is 11.7 Å². The molecule has 0 aliphatic heterocycles. The normalized spacial score (nSPS) is 14.0. The zero-order valence-corrected chi connectivity index (χ0v) is 16.1. The molecule has 0 aliphatic carbocycles. The molecule has 0 aliphatic rings. The Morgan fingerprint density at radius 1 is 1.04 bits per heavy atom. The number of nitrogens with one attached hydrogen (secondary N) is 3. The Hall–Kier alpha value is -2.34. The lowest BCUT2D eigenvalue weighted by Gasteiger charge is -2.20. The number of carboxylic acid groups (broad SMARTS) is 1. The molecule has 0 saturated heterocycles. The van der Waals surface area contributed by atoms with Gasteiger partial charge in [-0.1, -0.05) is 13.8 Å². The van der Waals surface area contributed by atoms with Crippen LogP contribution in [0.5, 0.6) is 0 Å². The topological polar surface area (TPSA) is 194 Å². The molecule has 0 aromatic heterocycles. The number of rotatable bonds is 12. The van der Waals surface area contributed by atoms with Crippen LogP contribution in [0.2, 0.25) is 0 Å².